The molecular formula is C22H33NO. The quantitative estimate of drug-likeness (QED) is 0.764. The van der Waals surface area contributed by atoms with Gasteiger partial charge in [0.15, 0.2) is 0 Å². The highest BCUT2D eigenvalue weighted by Crippen LogP contribution is 2.66. The Balaban J connectivity index is 1.50. The second kappa shape index (κ2) is 5.76. The van der Waals surface area contributed by atoms with E-state index in [2.05, 4.69) is 50.4 Å². The third-order valence-corrected chi connectivity index (χ3v) is 6.71. The summed E-state index contributed by atoms with van der Waals surface area (Å²) in [6, 6.07) is 8.57. The third kappa shape index (κ3) is 2.98. The van der Waals surface area contributed by atoms with E-state index >= 15 is 0 Å². The Kier molecular flexibility index (Phi) is 3.95. The zero-order chi connectivity index (χ0) is 16.8. The van der Waals surface area contributed by atoms with Crippen LogP contribution >= 0.6 is 0 Å². The maximum atomic E-state index is 5.96. The lowest BCUT2D eigenvalue weighted by Crippen LogP contribution is -2.63. The van der Waals surface area contributed by atoms with Crippen LogP contribution in [-0.4, -0.2) is 12.1 Å². The maximum Gasteiger partial charge on any atom is 0.123 e. The predicted molar refractivity (Wildman–Crippen MR) is 99.2 cm³/mol. The number of para-hydroxylation sites is 1. The average Bonchev–Trinajstić information content (AvgIpc) is 2.48. The summed E-state index contributed by atoms with van der Waals surface area (Å²) in [5.41, 5.74) is 2.82. The lowest BCUT2D eigenvalue weighted by atomic mass is 9.43. The molecule has 0 saturated heterocycles. The largest absolute Gasteiger partial charge is 0.493 e. The Morgan fingerprint density at radius 1 is 1.04 bits per heavy atom. The molecule has 0 aromatic heterocycles. The van der Waals surface area contributed by atoms with Crippen LogP contribution in [0.1, 0.15) is 71.3 Å². The van der Waals surface area contributed by atoms with Gasteiger partial charge in [-0.05, 0) is 67.8 Å². The molecule has 0 spiro atoms. The molecular weight excluding hydrogens is 294 g/mol. The fraction of sp³-hybridized carbons (Fsp3) is 0.727. The van der Waals surface area contributed by atoms with Crippen LogP contribution in [0.2, 0.25) is 0 Å². The molecule has 0 aliphatic heterocycles. The summed E-state index contributed by atoms with van der Waals surface area (Å²) in [5, 5.41) is 4.03. The first-order chi connectivity index (χ1) is 11.4. The van der Waals surface area contributed by atoms with Crippen molar-refractivity contribution in [2.24, 2.45) is 16.7 Å². The lowest BCUT2D eigenvalue weighted by Gasteiger charge is -2.65. The first-order valence-corrected chi connectivity index (χ1v) is 9.89. The van der Waals surface area contributed by atoms with E-state index in [1.165, 1.54) is 44.1 Å². The number of rotatable bonds is 6. The third-order valence-electron chi connectivity index (χ3n) is 6.71. The van der Waals surface area contributed by atoms with Crippen LogP contribution in [-0.2, 0) is 6.54 Å². The van der Waals surface area contributed by atoms with Crippen LogP contribution in [0.25, 0.3) is 0 Å². The van der Waals surface area contributed by atoms with E-state index in [0.717, 1.165) is 31.2 Å². The van der Waals surface area contributed by atoms with E-state index < -0.39 is 0 Å². The minimum atomic E-state index is 0.362. The minimum Gasteiger partial charge on any atom is -0.493 e. The Labute approximate surface area is 147 Å². The summed E-state index contributed by atoms with van der Waals surface area (Å²) in [4.78, 5) is 0. The second-order valence-corrected chi connectivity index (χ2v) is 9.72. The standard InChI is InChI=1S/C22H33NO/c1-4-9-24-19-8-6-5-7-18(19)13-23-22-12-17-10-20(2,15-22)14-21(3,11-17)16-22/h5-8,17,23H,4,9-16H2,1-3H3. The smallest absolute Gasteiger partial charge is 0.123 e. The van der Waals surface area contributed by atoms with E-state index in [1.54, 1.807) is 0 Å². The number of nitrogens with one attached hydrogen (secondary N) is 1. The van der Waals surface area contributed by atoms with Crippen LogP contribution in [0, 0.1) is 16.7 Å². The fourth-order valence-corrected chi connectivity index (χ4v) is 6.93. The van der Waals surface area contributed by atoms with Gasteiger partial charge in [-0.2, -0.15) is 0 Å². The molecule has 0 amide bonds. The number of hydrogen-bond donors (Lipinski definition) is 1. The molecule has 1 N–H and O–H groups in total. The lowest BCUT2D eigenvalue weighted by molar-refractivity contribution is -0.118. The summed E-state index contributed by atoms with van der Waals surface area (Å²) in [6.07, 6.45) is 9.54. The first kappa shape index (κ1) is 16.4. The fourth-order valence-electron chi connectivity index (χ4n) is 6.93. The molecule has 2 nitrogen and oxygen atoms in total. The van der Waals surface area contributed by atoms with Gasteiger partial charge in [0.1, 0.15) is 5.75 Å². The van der Waals surface area contributed by atoms with E-state index in [-0.39, 0.29) is 0 Å². The van der Waals surface area contributed by atoms with Crippen molar-refractivity contribution in [1.82, 2.24) is 5.32 Å². The van der Waals surface area contributed by atoms with Crippen molar-refractivity contribution >= 4 is 0 Å². The summed E-state index contributed by atoms with van der Waals surface area (Å²) < 4.78 is 5.96. The molecule has 4 aliphatic rings. The van der Waals surface area contributed by atoms with Crippen LogP contribution < -0.4 is 10.1 Å². The predicted octanol–water partition coefficient (Wildman–Crippen LogP) is 5.31. The SMILES string of the molecule is CCCOc1ccccc1CNC12CC3CC(C)(CC(C)(C3)C1)C2. The molecule has 5 rings (SSSR count). The topological polar surface area (TPSA) is 21.3 Å². The number of hydrogen-bond acceptors (Lipinski definition) is 2. The van der Waals surface area contributed by atoms with Crippen molar-refractivity contribution in [1.29, 1.82) is 0 Å². The Morgan fingerprint density at radius 2 is 1.75 bits per heavy atom. The molecule has 0 heterocycles. The molecule has 132 valence electrons. The Bertz CT molecular complexity index is 592. The highest BCUT2D eigenvalue weighted by molar-refractivity contribution is 5.33. The molecule has 2 unspecified atom stereocenters. The van der Waals surface area contributed by atoms with Crippen LogP contribution in [0.3, 0.4) is 0 Å². The monoisotopic (exact) mass is 327 g/mol. The van der Waals surface area contributed by atoms with Crippen LogP contribution in [0.4, 0.5) is 0 Å². The first-order valence-electron chi connectivity index (χ1n) is 9.89. The van der Waals surface area contributed by atoms with Crippen LogP contribution in [0.5, 0.6) is 5.75 Å². The molecule has 24 heavy (non-hydrogen) atoms. The van der Waals surface area contributed by atoms with Gasteiger partial charge in [-0.15, -0.1) is 0 Å². The molecule has 4 aliphatic carbocycles. The number of ether oxygens (including phenoxy) is 1. The molecule has 2 atom stereocenters. The summed E-state index contributed by atoms with van der Waals surface area (Å²) in [6.45, 7) is 9.01. The van der Waals surface area contributed by atoms with Gasteiger partial charge in [0, 0.05) is 17.6 Å². The summed E-state index contributed by atoms with van der Waals surface area (Å²) >= 11 is 0. The van der Waals surface area contributed by atoms with Gasteiger partial charge >= 0.3 is 0 Å². The van der Waals surface area contributed by atoms with E-state index in [1.807, 2.05) is 0 Å². The molecule has 4 fully saturated rings. The van der Waals surface area contributed by atoms with Crippen molar-refractivity contribution < 1.29 is 4.74 Å². The minimum absolute atomic E-state index is 0.362. The normalized spacial score (nSPS) is 40.0. The van der Waals surface area contributed by atoms with Crippen molar-refractivity contribution in [2.75, 3.05) is 6.61 Å². The second-order valence-electron chi connectivity index (χ2n) is 9.72. The summed E-state index contributed by atoms with van der Waals surface area (Å²) in [7, 11) is 0. The Hall–Kier alpha value is -1.02. The van der Waals surface area contributed by atoms with Gasteiger partial charge in [0.05, 0.1) is 6.61 Å². The van der Waals surface area contributed by atoms with E-state index in [4.69, 9.17) is 4.74 Å². The maximum absolute atomic E-state index is 5.96. The molecule has 0 radical (unpaired) electrons. The van der Waals surface area contributed by atoms with Crippen molar-refractivity contribution in [2.45, 2.75) is 77.8 Å². The molecule has 4 bridgehead atoms. The van der Waals surface area contributed by atoms with Crippen molar-refractivity contribution in [3.05, 3.63) is 29.8 Å². The van der Waals surface area contributed by atoms with Gasteiger partial charge in [-0.3, -0.25) is 0 Å². The summed E-state index contributed by atoms with van der Waals surface area (Å²) in [5.74, 6) is 2.00. The number of benzene rings is 1. The van der Waals surface area contributed by atoms with Crippen molar-refractivity contribution in [3.63, 3.8) is 0 Å². The van der Waals surface area contributed by atoms with Crippen LogP contribution in [0.15, 0.2) is 24.3 Å². The molecule has 1 aromatic carbocycles. The van der Waals surface area contributed by atoms with E-state index in [9.17, 15) is 0 Å². The van der Waals surface area contributed by atoms with Gasteiger partial charge < -0.3 is 10.1 Å². The average molecular weight is 328 g/mol. The highest BCUT2D eigenvalue weighted by atomic mass is 16.5. The zero-order valence-corrected chi connectivity index (χ0v) is 15.7. The van der Waals surface area contributed by atoms with Gasteiger partial charge in [-0.25, -0.2) is 0 Å². The van der Waals surface area contributed by atoms with Crippen molar-refractivity contribution in [3.8, 4) is 5.75 Å². The highest BCUT2D eigenvalue weighted by Gasteiger charge is 2.59. The van der Waals surface area contributed by atoms with Gasteiger partial charge in [0.2, 0.25) is 0 Å². The molecule has 4 saturated carbocycles. The van der Waals surface area contributed by atoms with Gasteiger partial charge in [-0.1, -0.05) is 39.0 Å². The molecule has 1 aromatic rings. The van der Waals surface area contributed by atoms with Gasteiger partial charge in [0.25, 0.3) is 0 Å². The Morgan fingerprint density at radius 3 is 2.42 bits per heavy atom. The van der Waals surface area contributed by atoms with E-state index in [0.29, 0.717) is 16.4 Å². The molecule has 2 heteroatoms. The zero-order valence-electron chi connectivity index (χ0n) is 15.7.